The molecule has 7 heteroatoms. The van der Waals surface area contributed by atoms with Gasteiger partial charge in [0.2, 0.25) is 10.0 Å². The molecule has 2 unspecified atom stereocenters. The molecule has 0 aliphatic rings. The van der Waals surface area contributed by atoms with Crippen LogP contribution in [0.2, 0.25) is 0 Å². The fraction of sp³-hybridized carbons (Fsp3) is 0.462. The summed E-state index contributed by atoms with van der Waals surface area (Å²) in [4.78, 5) is 11.1. The Morgan fingerprint density at radius 1 is 1.40 bits per heavy atom. The molecule has 0 bridgehead atoms. The minimum absolute atomic E-state index is 0.0722. The summed E-state index contributed by atoms with van der Waals surface area (Å²) in [7, 11) is -2.60. The van der Waals surface area contributed by atoms with Gasteiger partial charge in [-0.15, -0.1) is 0 Å². The third-order valence-corrected chi connectivity index (χ3v) is 4.60. The Morgan fingerprint density at radius 3 is 2.50 bits per heavy atom. The van der Waals surface area contributed by atoms with E-state index in [1.54, 1.807) is 26.0 Å². The smallest absolute Gasteiger partial charge is 0.322 e. The van der Waals surface area contributed by atoms with Crippen molar-refractivity contribution in [2.24, 2.45) is 5.92 Å². The van der Waals surface area contributed by atoms with Crippen LogP contribution in [0.4, 0.5) is 0 Å². The van der Waals surface area contributed by atoms with E-state index in [0.717, 1.165) is 0 Å². The Bertz CT molecular complexity index is 570. The third-order valence-electron chi connectivity index (χ3n) is 3.12. The number of carboxylic acids is 1. The van der Waals surface area contributed by atoms with Gasteiger partial charge in [0.05, 0.1) is 7.11 Å². The maximum atomic E-state index is 12.3. The van der Waals surface area contributed by atoms with Gasteiger partial charge in [-0.05, 0) is 18.1 Å². The minimum Gasteiger partial charge on any atom is -0.495 e. The zero-order valence-corrected chi connectivity index (χ0v) is 12.5. The standard InChI is InChI=1S/C13H19NO5S/c1-4-9(2)12(13(15)16)14-20(17,18)11-8-6-5-7-10(11)19-3/h5-9,12,14H,4H2,1-3H3,(H,15,16). The number of rotatable bonds is 7. The monoisotopic (exact) mass is 301 g/mol. The molecule has 1 aromatic rings. The number of hydrogen-bond donors (Lipinski definition) is 2. The highest BCUT2D eigenvalue weighted by atomic mass is 32.2. The van der Waals surface area contributed by atoms with Gasteiger partial charge in [-0.1, -0.05) is 32.4 Å². The number of nitrogens with one attached hydrogen (secondary N) is 1. The van der Waals surface area contributed by atoms with Gasteiger partial charge >= 0.3 is 5.97 Å². The second-order valence-corrected chi connectivity index (χ2v) is 6.16. The van der Waals surface area contributed by atoms with Crippen molar-refractivity contribution in [2.45, 2.75) is 31.2 Å². The molecular weight excluding hydrogens is 282 g/mol. The highest BCUT2D eigenvalue weighted by Gasteiger charge is 2.30. The molecule has 0 amide bonds. The Kier molecular flexibility index (Phi) is 5.52. The first-order valence-corrected chi connectivity index (χ1v) is 7.70. The molecule has 6 nitrogen and oxygen atoms in total. The van der Waals surface area contributed by atoms with Crippen molar-refractivity contribution in [2.75, 3.05) is 7.11 Å². The second-order valence-electron chi connectivity index (χ2n) is 4.47. The molecule has 0 aromatic heterocycles. The van der Waals surface area contributed by atoms with Crippen LogP contribution in [0.5, 0.6) is 5.75 Å². The van der Waals surface area contributed by atoms with Crippen LogP contribution in [-0.4, -0.2) is 32.6 Å². The average molecular weight is 301 g/mol. The van der Waals surface area contributed by atoms with E-state index < -0.39 is 22.0 Å². The van der Waals surface area contributed by atoms with Gasteiger partial charge in [0.15, 0.2) is 0 Å². The predicted molar refractivity (Wildman–Crippen MR) is 74.2 cm³/mol. The molecule has 2 N–H and O–H groups in total. The lowest BCUT2D eigenvalue weighted by Gasteiger charge is -2.20. The van der Waals surface area contributed by atoms with Crippen molar-refractivity contribution in [3.05, 3.63) is 24.3 Å². The summed E-state index contributed by atoms with van der Waals surface area (Å²) in [5.74, 6) is -1.34. The van der Waals surface area contributed by atoms with E-state index in [0.29, 0.717) is 6.42 Å². The molecule has 0 saturated carbocycles. The van der Waals surface area contributed by atoms with Gasteiger partial charge in [0, 0.05) is 0 Å². The van der Waals surface area contributed by atoms with E-state index in [4.69, 9.17) is 9.84 Å². The Labute approximate surface area is 118 Å². The summed E-state index contributed by atoms with van der Waals surface area (Å²) in [5, 5.41) is 9.15. The molecule has 2 atom stereocenters. The van der Waals surface area contributed by atoms with Gasteiger partial charge in [-0.2, -0.15) is 4.72 Å². The number of carboxylic acid groups (broad SMARTS) is 1. The Morgan fingerprint density at radius 2 is 2.00 bits per heavy atom. The third kappa shape index (κ3) is 3.71. The number of methoxy groups -OCH3 is 1. The molecular formula is C13H19NO5S. The Hall–Kier alpha value is -1.60. The second kappa shape index (κ2) is 6.71. The first-order valence-electron chi connectivity index (χ1n) is 6.21. The van der Waals surface area contributed by atoms with Gasteiger partial charge in [0.1, 0.15) is 16.7 Å². The number of sulfonamides is 1. The van der Waals surface area contributed by atoms with Gasteiger partial charge < -0.3 is 9.84 Å². The van der Waals surface area contributed by atoms with E-state index in [9.17, 15) is 13.2 Å². The van der Waals surface area contributed by atoms with Crippen molar-refractivity contribution in [3.63, 3.8) is 0 Å². The summed E-state index contributed by atoms with van der Waals surface area (Å²) in [6.45, 7) is 3.49. The van der Waals surface area contributed by atoms with Crippen molar-refractivity contribution in [3.8, 4) is 5.75 Å². The van der Waals surface area contributed by atoms with E-state index in [2.05, 4.69) is 4.72 Å². The van der Waals surface area contributed by atoms with Crippen molar-refractivity contribution >= 4 is 16.0 Å². The van der Waals surface area contributed by atoms with Crippen LogP contribution < -0.4 is 9.46 Å². The first-order chi connectivity index (χ1) is 9.33. The highest BCUT2D eigenvalue weighted by Crippen LogP contribution is 2.23. The zero-order chi connectivity index (χ0) is 15.3. The van der Waals surface area contributed by atoms with Crippen LogP contribution in [0.15, 0.2) is 29.2 Å². The van der Waals surface area contributed by atoms with Crippen LogP contribution >= 0.6 is 0 Å². The fourth-order valence-corrected chi connectivity index (χ4v) is 3.19. The number of ether oxygens (including phenoxy) is 1. The maximum absolute atomic E-state index is 12.3. The van der Waals surface area contributed by atoms with Crippen molar-refractivity contribution < 1.29 is 23.1 Å². The summed E-state index contributed by atoms with van der Waals surface area (Å²) in [6.07, 6.45) is 0.547. The van der Waals surface area contributed by atoms with Gasteiger partial charge in [-0.3, -0.25) is 4.79 Å². The maximum Gasteiger partial charge on any atom is 0.322 e. The molecule has 0 fully saturated rings. The van der Waals surface area contributed by atoms with E-state index in [1.807, 2.05) is 0 Å². The molecule has 1 aromatic carbocycles. The lowest BCUT2D eigenvalue weighted by Crippen LogP contribution is -2.44. The molecule has 0 aliphatic carbocycles. The molecule has 1 rings (SSSR count). The largest absolute Gasteiger partial charge is 0.495 e. The molecule has 0 radical (unpaired) electrons. The zero-order valence-electron chi connectivity index (χ0n) is 11.7. The van der Waals surface area contributed by atoms with Crippen LogP contribution in [0.1, 0.15) is 20.3 Å². The predicted octanol–water partition coefficient (Wildman–Crippen LogP) is 1.47. The van der Waals surface area contributed by atoms with Crippen LogP contribution in [0, 0.1) is 5.92 Å². The molecule has 112 valence electrons. The van der Waals surface area contributed by atoms with Crippen LogP contribution in [-0.2, 0) is 14.8 Å². The van der Waals surface area contributed by atoms with E-state index in [1.165, 1.54) is 19.2 Å². The fourth-order valence-electron chi connectivity index (χ4n) is 1.72. The lowest BCUT2D eigenvalue weighted by molar-refractivity contribution is -0.140. The number of para-hydroxylation sites is 1. The molecule has 20 heavy (non-hydrogen) atoms. The molecule has 0 heterocycles. The summed E-state index contributed by atoms with van der Waals surface area (Å²) < 4.78 is 31.8. The molecule has 0 saturated heterocycles. The summed E-state index contributed by atoms with van der Waals surface area (Å²) in [5.41, 5.74) is 0. The van der Waals surface area contributed by atoms with Crippen LogP contribution in [0.25, 0.3) is 0 Å². The summed E-state index contributed by atoms with van der Waals surface area (Å²) >= 11 is 0. The average Bonchev–Trinajstić information content (AvgIpc) is 2.43. The summed E-state index contributed by atoms with van der Waals surface area (Å²) in [6, 6.07) is 4.90. The van der Waals surface area contributed by atoms with Crippen molar-refractivity contribution in [1.29, 1.82) is 0 Å². The normalized spacial score (nSPS) is 14.6. The molecule has 0 spiro atoms. The number of benzene rings is 1. The topological polar surface area (TPSA) is 92.7 Å². The van der Waals surface area contributed by atoms with E-state index >= 15 is 0 Å². The molecule has 0 aliphatic heterocycles. The van der Waals surface area contributed by atoms with Crippen molar-refractivity contribution in [1.82, 2.24) is 4.72 Å². The van der Waals surface area contributed by atoms with Gasteiger partial charge in [0.25, 0.3) is 0 Å². The first kappa shape index (κ1) is 16.5. The van der Waals surface area contributed by atoms with E-state index in [-0.39, 0.29) is 16.6 Å². The quantitative estimate of drug-likeness (QED) is 0.795. The number of carbonyl (C=O) groups is 1. The number of aliphatic carboxylic acids is 1. The lowest BCUT2D eigenvalue weighted by atomic mass is 10.0. The Balaban J connectivity index is 3.13. The number of hydrogen-bond acceptors (Lipinski definition) is 4. The van der Waals surface area contributed by atoms with Gasteiger partial charge in [-0.25, -0.2) is 8.42 Å². The van der Waals surface area contributed by atoms with Crippen LogP contribution in [0.3, 0.4) is 0 Å². The minimum atomic E-state index is -3.96. The highest BCUT2D eigenvalue weighted by molar-refractivity contribution is 7.89. The SMILES string of the molecule is CCC(C)C(NS(=O)(=O)c1ccccc1OC)C(=O)O.